The average molecular weight is 349 g/mol. The molecule has 1 N–H and O–H groups in total. The summed E-state index contributed by atoms with van der Waals surface area (Å²) in [7, 11) is 0. The van der Waals surface area contributed by atoms with Gasteiger partial charge >= 0.3 is 0 Å². The Morgan fingerprint density at radius 1 is 1.17 bits per heavy atom. The van der Waals surface area contributed by atoms with Gasteiger partial charge in [-0.2, -0.15) is 0 Å². The number of ether oxygens (including phenoxy) is 1. The normalized spacial score (nSPS) is 10.3. The van der Waals surface area contributed by atoms with Gasteiger partial charge in [0.2, 0.25) is 5.88 Å². The molecule has 2 rings (SSSR count). The molecule has 0 amide bonds. The number of Topliss-reactive ketones (excluding diaryl/α,β-unsaturated/α-hetero) is 1. The van der Waals surface area contributed by atoms with Crippen LogP contribution in [0.4, 0.5) is 0 Å². The maximum atomic E-state index is 11.2. The van der Waals surface area contributed by atoms with Crippen LogP contribution in [0.5, 0.6) is 11.6 Å². The van der Waals surface area contributed by atoms with Gasteiger partial charge in [-0.05, 0) is 49.6 Å². The number of nitrogens with one attached hydrogen (secondary N) is 1. The van der Waals surface area contributed by atoms with Gasteiger partial charge in [0.1, 0.15) is 5.75 Å². The van der Waals surface area contributed by atoms with E-state index >= 15 is 0 Å². The second-order valence-electron chi connectivity index (χ2n) is 6.05. The number of hydrogen-bond donors (Lipinski definition) is 1. The van der Waals surface area contributed by atoms with E-state index in [0.717, 1.165) is 24.8 Å². The number of pyridine rings is 1. The van der Waals surface area contributed by atoms with E-state index in [1.54, 1.807) is 12.1 Å². The maximum Gasteiger partial charge on any atom is 0.219 e. The molecule has 0 bridgehead atoms. The molecule has 2 aromatic rings. The van der Waals surface area contributed by atoms with Gasteiger partial charge in [-0.3, -0.25) is 4.79 Å². The number of aromatic nitrogens is 1. The molecule has 1 heterocycles. The molecule has 0 saturated carbocycles. The third-order valence-corrected chi connectivity index (χ3v) is 3.52. The van der Waals surface area contributed by atoms with Crippen molar-refractivity contribution in [2.45, 2.75) is 33.7 Å². The number of carbonyl (C=O) groups excluding carboxylic acids is 1. The summed E-state index contributed by atoms with van der Waals surface area (Å²) in [5.74, 6) is 1.94. The number of nitrogens with zero attached hydrogens (tertiary/aromatic N) is 1. The highest BCUT2D eigenvalue weighted by Gasteiger charge is 2.03. The predicted octanol–water partition coefficient (Wildman–Crippen LogP) is 4.63. The molecule has 1 aromatic heterocycles. The SMILES string of the molecule is CC(=O)c1ccc(Oc2ccc(CNCCC(C)C)cc2)nc1.Cl. The fourth-order valence-corrected chi connectivity index (χ4v) is 2.07. The number of carbonyl (C=O) groups is 1. The van der Waals surface area contributed by atoms with Gasteiger partial charge < -0.3 is 10.1 Å². The van der Waals surface area contributed by atoms with Gasteiger partial charge in [0.15, 0.2) is 5.78 Å². The first kappa shape index (κ1) is 20.1. The quantitative estimate of drug-likeness (QED) is 0.558. The molecule has 5 heteroatoms. The molecule has 0 aliphatic rings. The fourth-order valence-electron chi connectivity index (χ4n) is 2.07. The number of benzene rings is 1. The third kappa shape index (κ3) is 6.69. The molecule has 1 aromatic carbocycles. The lowest BCUT2D eigenvalue weighted by molar-refractivity contribution is 0.101. The minimum atomic E-state index is -0.00151. The van der Waals surface area contributed by atoms with Crippen molar-refractivity contribution in [3.63, 3.8) is 0 Å². The van der Waals surface area contributed by atoms with Crippen molar-refractivity contribution in [1.82, 2.24) is 10.3 Å². The minimum absolute atomic E-state index is 0. The molecule has 0 spiro atoms. The van der Waals surface area contributed by atoms with Crippen LogP contribution in [0.3, 0.4) is 0 Å². The Bertz CT molecular complexity index is 625. The van der Waals surface area contributed by atoms with Gasteiger partial charge in [-0.1, -0.05) is 26.0 Å². The van der Waals surface area contributed by atoms with E-state index in [1.807, 2.05) is 24.3 Å². The Morgan fingerprint density at radius 2 is 1.88 bits per heavy atom. The van der Waals surface area contributed by atoms with Crippen molar-refractivity contribution in [2.24, 2.45) is 5.92 Å². The molecular weight excluding hydrogens is 324 g/mol. The first-order valence-corrected chi connectivity index (χ1v) is 7.99. The molecule has 0 radical (unpaired) electrons. The lowest BCUT2D eigenvalue weighted by Crippen LogP contribution is -2.16. The molecule has 24 heavy (non-hydrogen) atoms. The third-order valence-electron chi connectivity index (χ3n) is 3.52. The Morgan fingerprint density at radius 3 is 2.42 bits per heavy atom. The van der Waals surface area contributed by atoms with Crippen LogP contribution in [-0.2, 0) is 6.54 Å². The summed E-state index contributed by atoms with van der Waals surface area (Å²) in [6.07, 6.45) is 2.72. The van der Waals surface area contributed by atoms with Crippen LogP contribution in [-0.4, -0.2) is 17.3 Å². The van der Waals surface area contributed by atoms with Crippen LogP contribution in [0.15, 0.2) is 42.6 Å². The maximum absolute atomic E-state index is 11.2. The monoisotopic (exact) mass is 348 g/mol. The lowest BCUT2D eigenvalue weighted by Gasteiger charge is -2.08. The predicted molar refractivity (Wildman–Crippen MR) is 99.2 cm³/mol. The lowest BCUT2D eigenvalue weighted by atomic mass is 10.1. The van der Waals surface area contributed by atoms with Crippen LogP contribution < -0.4 is 10.1 Å². The van der Waals surface area contributed by atoms with Crippen molar-refractivity contribution in [3.05, 3.63) is 53.7 Å². The van der Waals surface area contributed by atoms with Gasteiger partial charge in [-0.15, -0.1) is 12.4 Å². The summed E-state index contributed by atoms with van der Waals surface area (Å²) in [6.45, 7) is 7.86. The van der Waals surface area contributed by atoms with Crippen molar-refractivity contribution in [3.8, 4) is 11.6 Å². The summed E-state index contributed by atoms with van der Waals surface area (Å²) in [6, 6.07) is 11.4. The molecule has 0 aliphatic carbocycles. The Balaban J connectivity index is 0.00000288. The number of halogens is 1. The average Bonchev–Trinajstić information content (AvgIpc) is 2.53. The molecule has 0 fully saturated rings. The summed E-state index contributed by atoms with van der Waals surface area (Å²) in [5.41, 5.74) is 1.81. The smallest absolute Gasteiger partial charge is 0.219 e. The second kappa shape index (κ2) is 10.1. The number of rotatable bonds is 8. The summed E-state index contributed by atoms with van der Waals surface area (Å²) in [5, 5.41) is 3.43. The van der Waals surface area contributed by atoms with Crippen molar-refractivity contribution >= 4 is 18.2 Å². The van der Waals surface area contributed by atoms with Crippen molar-refractivity contribution in [1.29, 1.82) is 0 Å². The second-order valence-corrected chi connectivity index (χ2v) is 6.05. The highest BCUT2D eigenvalue weighted by Crippen LogP contribution is 2.20. The van der Waals surface area contributed by atoms with Crippen LogP contribution in [0.2, 0.25) is 0 Å². The zero-order chi connectivity index (χ0) is 16.7. The standard InChI is InChI=1S/C19H24N2O2.ClH/c1-14(2)10-11-20-12-16-4-7-18(8-5-16)23-19-9-6-17(13-21-19)15(3)22;/h4-9,13-14,20H,10-12H2,1-3H3;1H. The largest absolute Gasteiger partial charge is 0.439 e. The van der Waals surface area contributed by atoms with E-state index in [1.165, 1.54) is 25.1 Å². The zero-order valence-corrected chi connectivity index (χ0v) is 15.2. The topological polar surface area (TPSA) is 51.2 Å². The van der Waals surface area contributed by atoms with Crippen LogP contribution in [0, 0.1) is 5.92 Å². The molecule has 130 valence electrons. The van der Waals surface area contributed by atoms with E-state index in [2.05, 4.69) is 24.1 Å². The molecule has 0 atom stereocenters. The zero-order valence-electron chi connectivity index (χ0n) is 14.4. The first-order valence-electron chi connectivity index (χ1n) is 7.99. The highest BCUT2D eigenvalue weighted by molar-refractivity contribution is 5.93. The Labute approximate surface area is 150 Å². The van der Waals surface area contributed by atoms with Gasteiger partial charge in [0, 0.05) is 24.4 Å². The van der Waals surface area contributed by atoms with Crippen LogP contribution in [0.1, 0.15) is 43.1 Å². The van der Waals surface area contributed by atoms with Gasteiger partial charge in [-0.25, -0.2) is 4.98 Å². The molecule has 0 saturated heterocycles. The molecule has 0 unspecified atom stereocenters. The van der Waals surface area contributed by atoms with E-state index in [0.29, 0.717) is 11.4 Å². The molecule has 4 nitrogen and oxygen atoms in total. The molecule has 0 aliphatic heterocycles. The van der Waals surface area contributed by atoms with Crippen molar-refractivity contribution < 1.29 is 9.53 Å². The van der Waals surface area contributed by atoms with E-state index < -0.39 is 0 Å². The van der Waals surface area contributed by atoms with E-state index in [9.17, 15) is 4.79 Å². The minimum Gasteiger partial charge on any atom is -0.439 e. The number of hydrogen-bond acceptors (Lipinski definition) is 4. The highest BCUT2D eigenvalue weighted by atomic mass is 35.5. The van der Waals surface area contributed by atoms with Gasteiger partial charge in [0.05, 0.1) is 0 Å². The van der Waals surface area contributed by atoms with E-state index in [4.69, 9.17) is 4.74 Å². The molecular formula is C19H25ClN2O2. The number of ketones is 1. The fraction of sp³-hybridized carbons (Fsp3) is 0.368. The van der Waals surface area contributed by atoms with Crippen molar-refractivity contribution in [2.75, 3.05) is 6.54 Å². The van der Waals surface area contributed by atoms with Gasteiger partial charge in [0.25, 0.3) is 0 Å². The summed E-state index contributed by atoms with van der Waals surface area (Å²) >= 11 is 0. The Hall–Kier alpha value is -1.91. The van der Waals surface area contributed by atoms with Crippen LogP contribution >= 0.6 is 12.4 Å². The Kier molecular flexibility index (Phi) is 8.44. The summed E-state index contributed by atoms with van der Waals surface area (Å²) < 4.78 is 5.68. The summed E-state index contributed by atoms with van der Waals surface area (Å²) in [4.78, 5) is 15.4. The van der Waals surface area contributed by atoms with E-state index in [-0.39, 0.29) is 18.2 Å². The van der Waals surface area contributed by atoms with Crippen LogP contribution in [0.25, 0.3) is 0 Å². The first-order chi connectivity index (χ1) is 11.0.